The van der Waals surface area contributed by atoms with Gasteiger partial charge in [0.25, 0.3) is 0 Å². The van der Waals surface area contributed by atoms with E-state index in [0.717, 1.165) is 78.5 Å². The van der Waals surface area contributed by atoms with Crippen molar-refractivity contribution in [3.8, 4) is 0 Å². The molecule has 18 nitrogen and oxygen atoms in total. The fourth-order valence-corrected chi connectivity index (χ4v) is 15.6. The summed E-state index contributed by atoms with van der Waals surface area (Å²) in [6, 6.07) is 3.11. The van der Waals surface area contributed by atoms with Crippen LogP contribution < -0.4 is 0 Å². The zero-order valence-electron chi connectivity index (χ0n) is 48.4. The van der Waals surface area contributed by atoms with Crippen molar-refractivity contribution in [1.29, 1.82) is 0 Å². The lowest BCUT2D eigenvalue weighted by Gasteiger charge is -2.41. The second-order valence-corrected chi connectivity index (χ2v) is 37.4. The second-order valence-electron chi connectivity index (χ2n) is 23.0. The summed E-state index contributed by atoms with van der Waals surface area (Å²) < 4.78 is 134. The molecule has 0 aromatic rings. The quantitative estimate of drug-likeness (QED) is 0.180. The highest BCUT2D eigenvalue weighted by molar-refractivity contribution is 7.93. The van der Waals surface area contributed by atoms with Crippen molar-refractivity contribution in [2.24, 2.45) is 17.8 Å². The first kappa shape index (κ1) is 73.5. The van der Waals surface area contributed by atoms with Gasteiger partial charge in [-0.2, -0.15) is 0 Å². The van der Waals surface area contributed by atoms with E-state index in [1.807, 2.05) is 0 Å². The van der Waals surface area contributed by atoms with Crippen LogP contribution in [0, 0.1) is 17.8 Å². The Kier molecular flexibility index (Phi) is 31.2. The van der Waals surface area contributed by atoms with E-state index in [2.05, 4.69) is 112 Å². The highest BCUT2D eigenvalue weighted by Crippen LogP contribution is 2.23. The van der Waals surface area contributed by atoms with Crippen molar-refractivity contribution in [2.75, 3.05) is 131 Å². The molecule has 0 saturated carbocycles. The maximum atomic E-state index is 11.3. The van der Waals surface area contributed by atoms with E-state index in [4.69, 9.17) is 0 Å². The van der Waals surface area contributed by atoms with Gasteiger partial charge in [-0.05, 0) is 101 Å². The summed E-state index contributed by atoms with van der Waals surface area (Å²) in [5.74, 6) is 3.39. The predicted octanol–water partition coefficient (Wildman–Crippen LogP) is 3.68. The zero-order chi connectivity index (χ0) is 56.8. The van der Waals surface area contributed by atoms with Crippen LogP contribution in [0.25, 0.3) is 0 Å². The average Bonchev–Trinajstić information content (AvgIpc) is 3.13. The Morgan fingerprint density at radius 1 is 0.324 bits per heavy atom. The van der Waals surface area contributed by atoms with Crippen LogP contribution in [0.2, 0.25) is 0 Å². The predicted molar refractivity (Wildman–Crippen MR) is 311 cm³/mol. The Bertz CT molecular complexity index is 2180. The van der Waals surface area contributed by atoms with Gasteiger partial charge in [0.2, 0.25) is 0 Å². The first-order valence-electron chi connectivity index (χ1n) is 26.8. The topological polar surface area (TPSA) is 224 Å². The molecule has 0 aromatic carbocycles. The number of nitrogens with zero attached hydrogens (tertiary/aromatic N) is 6. The molecule has 6 rings (SSSR count). The lowest BCUT2D eigenvalue weighted by atomic mass is 10.0. The van der Waals surface area contributed by atoms with Crippen molar-refractivity contribution in [2.45, 2.75) is 170 Å². The fourth-order valence-electron chi connectivity index (χ4n) is 8.66. The first-order chi connectivity index (χ1) is 33.1. The number of hydrogen-bond donors (Lipinski definition) is 0. The van der Waals surface area contributed by atoms with Crippen molar-refractivity contribution >= 4 is 59.0 Å². The van der Waals surface area contributed by atoms with Gasteiger partial charge in [-0.25, -0.2) is 50.5 Å². The minimum atomic E-state index is -2.77. The van der Waals surface area contributed by atoms with Gasteiger partial charge in [0.05, 0.1) is 33.0 Å². The van der Waals surface area contributed by atoms with E-state index in [1.165, 1.54) is 12.5 Å². The standard InChI is InChI=1S/2C9H19NO2S.3C8H17NO2S.C7H15NO2S.CH4/c2*1-4-13(11,12)7-9-5-10(6-9)8(2)3;1-7(2)9-4-8(5-9)6-12(3,10)11;2*1-4-12(10,11)8-5-9(6-8)7(2)3;1-6(2)8-4-7(5-8)11(3,9)10;/h2*8-9H,4-7H2,1-3H3;3*7-8H,4-6H2,1-3H3;6-7H,4-5H2,1-3H3;1H4. The molecule has 6 aliphatic rings. The van der Waals surface area contributed by atoms with Gasteiger partial charge >= 0.3 is 0 Å². The van der Waals surface area contributed by atoms with E-state index in [0.29, 0.717) is 71.3 Å². The minimum absolute atomic E-state index is 0. The third-order valence-electron chi connectivity index (χ3n) is 14.8. The Balaban J connectivity index is 0.000000862. The van der Waals surface area contributed by atoms with Crippen LogP contribution in [-0.2, 0) is 59.0 Å². The molecule has 0 N–H and O–H groups in total. The maximum Gasteiger partial charge on any atom is 0.155 e. The van der Waals surface area contributed by atoms with Crippen LogP contribution >= 0.6 is 0 Å². The molecule has 0 bridgehead atoms. The summed E-state index contributed by atoms with van der Waals surface area (Å²) in [6.45, 7) is 42.3. The van der Waals surface area contributed by atoms with Crippen LogP contribution in [0.15, 0.2) is 0 Å². The molecule has 0 spiro atoms. The maximum absolute atomic E-state index is 11.3. The first-order valence-corrected chi connectivity index (χ1v) is 37.9. The van der Waals surface area contributed by atoms with Gasteiger partial charge in [-0.15, -0.1) is 0 Å². The van der Waals surface area contributed by atoms with Gasteiger partial charge in [-0.3, -0.25) is 14.7 Å². The lowest BCUT2D eigenvalue weighted by molar-refractivity contribution is 0.0803. The Labute approximate surface area is 455 Å². The highest BCUT2D eigenvalue weighted by Gasteiger charge is 2.39. The molecule has 24 heteroatoms. The van der Waals surface area contributed by atoms with Crippen LogP contribution in [0.1, 0.15) is 118 Å². The molecule has 74 heavy (non-hydrogen) atoms. The smallest absolute Gasteiger partial charge is 0.155 e. The average molecular weight is 1180 g/mol. The van der Waals surface area contributed by atoms with E-state index in [-0.39, 0.29) is 46.2 Å². The number of hydrogen-bond acceptors (Lipinski definition) is 18. The molecule has 6 heterocycles. The van der Waals surface area contributed by atoms with Crippen LogP contribution in [0.3, 0.4) is 0 Å². The minimum Gasteiger partial charge on any atom is -0.300 e. The van der Waals surface area contributed by atoms with Crippen LogP contribution in [-0.4, -0.2) is 263 Å². The number of likely N-dealkylation sites (tertiary alicyclic amines) is 6. The number of rotatable bonds is 19. The molecular weight excluding hydrogens is 1070 g/mol. The summed E-state index contributed by atoms with van der Waals surface area (Å²) in [7, 11) is -16.6. The van der Waals surface area contributed by atoms with E-state index >= 15 is 0 Å². The van der Waals surface area contributed by atoms with Crippen LogP contribution in [0.4, 0.5) is 0 Å². The Hall–Kier alpha value is -0.540. The Morgan fingerprint density at radius 3 is 0.703 bits per heavy atom. The van der Waals surface area contributed by atoms with Crippen LogP contribution in [0.5, 0.6) is 0 Å². The summed E-state index contributed by atoms with van der Waals surface area (Å²) in [6.07, 6.45) is 2.63. The van der Waals surface area contributed by atoms with Crippen molar-refractivity contribution in [1.82, 2.24) is 29.4 Å². The van der Waals surface area contributed by atoms with E-state index in [1.54, 1.807) is 27.7 Å². The molecule has 0 amide bonds. The molecule has 6 aliphatic heterocycles. The molecule has 6 fully saturated rings. The summed E-state index contributed by atoms with van der Waals surface area (Å²) >= 11 is 0. The van der Waals surface area contributed by atoms with Crippen molar-refractivity contribution in [3.05, 3.63) is 0 Å². The summed E-state index contributed by atoms with van der Waals surface area (Å²) in [4.78, 5) is 13.4. The van der Waals surface area contributed by atoms with Crippen molar-refractivity contribution < 1.29 is 50.5 Å². The molecule has 446 valence electrons. The van der Waals surface area contributed by atoms with Gasteiger partial charge in [-0.1, -0.05) is 35.1 Å². The molecule has 6 saturated heterocycles. The van der Waals surface area contributed by atoms with E-state index in [9.17, 15) is 50.5 Å². The van der Waals surface area contributed by atoms with Crippen molar-refractivity contribution in [3.63, 3.8) is 0 Å². The third-order valence-corrected chi connectivity index (χ3v) is 25.3. The highest BCUT2D eigenvalue weighted by atomic mass is 32.2. The third kappa shape index (κ3) is 26.2. The van der Waals surface area contributed by atoms with Gasteiger partial charge in [0.15, 0.2) is 29.5 Å². The normalized spacial score (nSPS) is 20.9. The monoisotopic (exact) mass is 1180 g/mol. The molecule has 0 unspecified atom stereocenters. The zero-order valence-corrected chi connectivity index (χ0v) is 53.3. The van der Waals surface area contributed by atoms with E-state index < -0.39 is 59.0 Å². The second kappa shape index (κ2) is 31.5. The Morgan fingerprint density at radius 2 is 0.527 bits per heavy atom. The summed E-state index contributed by atoms with van der Waals surface area (Å²) in [5.41, 5.74) is 0. The molecule has 0 atom stereocenters. The molecule has 0 aromatic heterocycles. The molecule has 0 radical (unpaired) electrons. The van der Waals surface area contributed by atoms with Gasteiger partial charge in [0.1, 0.15) is 29.5 Å². The van der Waals surface area contributed by atoms with Gasteiger partial charge < -0.3 is 14.7 Å². The number of sulfone groups is 6. The molecule has 0 aliphatic carbocycles. The summed E-state index contributed by atoms with van der Waals surface area (Å²) in [5, 5.41) is -0.292. The fraction of sp³-hybridized carbons (Fsp3) is 1.00. The largest absolute Gasteiger partial charge is 0.300 e. The van der Waals surface area contributed by atoms with Gasteiger partial charge in [0, 0.05) is 150 Å². The lowest BCUT2D eigenvalue weighted by Crippen LogP contribution is -2.57. The molecular formula is C50H108N6O12S6. The SMILES string of the molecule is C.CC(C)N1CC(CS(C)(=O)=O)C1.CC(C)N1CC(S(C)(=O)=O)C1.CCS(=O)(=O)C1CN(C(C)C)C1.CCS(=O)(=O)C1CN(C(C)C)C1.CCS(=O)(=O)CC1CN(C(C)C)C1.CCS(=O)(=O)CC1CN(C(C)C)C1.